The van der Waals surface area contributed by atoms with Gasteiger partial charge in [0.1, 0.15) is 0 Å². The summed E-state index contributed by atoms with van der Waals surface area (Å²) < 4.78 is 0. The van der Waals surface area contributed by atoms with Crippen molar-refractivity contribution in [3.05, 3.63) is 77.8 Å². The zero-order valence-electron chi connectivity index (χ0n) is 18.9. The summed E-state index contributed by atoms with van der Waals surface area (Å²) >= 11 is 0. The van der Waals surface area contributed by atoms with Crippen LogP contribution < -0.4 is 5.32 Å². The van der Waals surface area contributed by atoms with Gasteiger partial charge in [0.2, 0.25) is 0 Å². The highest BCUT2D eigenvalue weighted by atomic mass is 16.4. The van der Waals surface area contributed by atoms with Gasteiger partial charge in [-0.1, -0.05) is 81.8 Å². The summed E-state index contributed by atoms with van der Waals surface area (Å²) in [6.45, 7) is 8.53. The molecule has 1 unspecified atom stereocenters. The van der Waals surface area contributed by atoms with Gasteiger partial charge in [0, 0.05) is 23.4 Å². The molecular weight excluding hydrogens is 386 g/mol. The van der Waals surface area contributed by atoms with E-state index in [0.29, 0.717) is 30.0 Å². The summed E-state index contributed by atoms with van der Waals surface area (Å²) in [6.07, 6.45) is 12.2. The second-order valence-electron chi connectivity index (χ2n) is 7.05. The van der Waals surface area contributed by atoms with Gasteiger partial charge < -0.3 is 10.4 Å². The predicted octanol–water partition coefficient (Wildman–Crippen LogP) is 5.89. The van der Waals surface area contributed by atoms with Gasteiger partial charge >= 0.3 is 5.97 Å². The van der Waals surface area contributed by atoms with Crippen molar-refractivity contribution in [3.63, 3.8) is 0 Å². The second-order valence-corrected chi connectivity index (χ2v) is 7.05. The summed E-state index contributed by atoms with van der Waals surface area (Å²) in [5, 5.41) is 13.1. The highest BCUT2D eigenvalue weighted by Crippen LogP contribution is 2.33. The molecule has 5 heteroatoms. The fourth-order valence-corrected chi connectivity index (χ4v) is 3.52. The van der Waals surface area contributed by atoms with Crippen molar-refractivity contribution in [2.24, 2.45) is 0 Å². The molecule has 0 aliphatic carbocycles. The van der Waals surface area contributed by atoms with E-state index in [9.17, 15) is 9.90 Å². The molecule has 1 aromatic heterocycles. The molecule has 0 amide bonds. The van der Waals surface area contributed by atoms with E-state index in [-0.39, 0.29) is 0 Å². The molecule has 1 atom stereocenters. The maximum atomic E-state index is 12.1. The number of aryl methyl sites for hydroxylation is 1. The molecule has 1 aliphatic heterocycles. The fourth-order valence-electron chi connectivity index (χ4n) is 3.52. The molecule has 0 saturated heterocycles. The Morgan fingerprint density at radius 3 is 2.58 bits per heavy atom. The van der Waals surface area contributed by atoms with Crippen LogP contribution in [-0.2, 0) is 4.79 Å². The lowest BCUT2D eigenvalue weighted by molar-refractivity contribution is -0.139. The van der Waals surface area contributed by atoms with Crippen molar-refractivity contribution in [1.82, 2.24) is 15.3 Å². The van der Waals surface area contributed by atoms with Crippen LogP contribution in [0.4, 0.5) is 0 Å². The van der Waals surface area contributed by atoms with Crippen molar-refractivity contribution in [3.8, 4) is 11.4 Å². The van der Waals surface area contributed by atoms with Crippen molar-refractivity contribution in [1.29, 1.82) is 0 Å². The van der Waals surface area contributed by atoms with Crippen LogP contribution in [-0.4, -0.2) is 27.6 Å². The number of aromatic nitrogens is 2. The van der Waals surface area contributed by atoms with Gasteiger partial charge in [0.15, 0.2) is 5.82 Å². The third-order valence-electron chi connectivity index (χ3n) is 4.91. The number of benzene rings is 1. The molecule has 2 heterocycles. The average Bonchev–Trinajstić information content (AvgIpc) is 2.93. The summed E-state index contributed by atoms with van der Waals surface area (Å²) in [6, 6.07) is 9.80. The zero-order chi connectivity index (χ0) is 22.6. The molecule has 3 rings (SSSR count). The molecule has 0 bridgehead atoms. The Labute approximate surface area is 185 Å². The normalized spacial score (nSPS) is 17.9. The van der Waals surface area contributed by atoms with Crippen LogP contribution in [0.3, 0.4) is 0 Å². The number of aliphatic carboxylic acids is 1. The Balaban J connectivity index is 0.00000166. The number of nitrogens with one attached hydrogen (secondary N) is 1. The van der Waals surface area contributed by atoms with E-state index in [0.717, 1.165) is 29.7 Å². The molecule has 1 aromatic carbocycles. The molecule has 1 aliphatic rings. The minimum Gasteiger partial charge on any atom is -0.481 e. The predicted molar refractivity (Wildman–Crippen MR) is 128 cm³/mol. The Morgan fingerprint density at radius 2 is 1.90 bits per heavy atom. The SMILES string of the molecule is CC.CCCC(C(=O)O)c1c(C)nc(-c2ccccc2)nc1C1=C/CN/C=C\C/C=C\1. The van der Waals surface area contributed by atoms with E-state index in [4.69, 9.17) is 9.97 Å². The van der Waals surface area contributed by atoms with Gasteiger partial charge in [0.25, 0.3) is 0 Å². The van der Waals surface area contributed by atoms with Gasteiger partial charge in [-0.05, 0) is 31.5 Å². The largest absolute Gasteiger partial charge is 0.481 e. The molecule has 0 fully saturated rings. The number of carboxylic acids is 1. The van der Waals surface area contributed by atoms with Crippen LogP contribution in [0, 0.1) is 6.92 Å². The maximum Gasteiger partial charge on any atom is 0.311 e. The minimum atomic E-state index is -0.834. The Kier molecular flexibility index (Phi) is 9.69. The van der Waals surface area contributed by atoms with Crippen LogP contribution in [0.25, 0.3) is 17.0 Å². The zero-order valence-corrected chi connectivity index (χ0v) is 18.9. The molecule has 0 saturated carbocycles. The first kappa shape index (κ1) is 24.1. The van der Waals surface area contributed by atoms with Gasteiger partial charge in [-0.15, -0.1) is 0 Å². The number of hydrogen-bond acceptors (Lipinski definition) is 4. The topological polar surface area (TPSA) is 75.1 Å². The smallest absolute Gasteiger partial charge is 0.311 e. The van der Waals surface area contributed by atoms with E-state index in [1.54, 1.807) is 0 Å². The van der Waals surface area contributed by atoms with Crippen molar-refractivity contribution in [2.75, 3.05) is 6.54 Å². The van der Waals surface area contributed by atoms with Crippen LogP contribution in [0.1, 0.15) is 62.9 Å². The average molecular weight is 420 g/mol. The van der Waals surface area contributed by atoms with Crippen molar-refractivity contribution < 1.29 is 9.90 Å². The highest BCUT2D eigenvalue weighted by Gasteiger charge is 2.27. The summed E-state index contributed by atoms with van der Waals surface area (Å²) in [7, 11) is 0. The molecule has 0 spiro atoms. The molecule has 0 radical (unpaired) electrons. The molecule has 2 aromatic rings. The fraction of sp³-hybridized carbons (Fsp3) is 0.346. The van der Waals surface area contributed by atoms with Gasteiger partial charge in [-0.2, -0.15) is 0 Å². The Bertz CT molecular complexity index is 947. The van der Waals surface area contributed by atoms with E-state index in [2.05, 4.69) is 17.5 Å². The Morgan fingerprint density at radius 1 is 1.16 bits per heavy atom. The molecule has 164 valence electrons. The lowest BCUT2D eigenvalue weighted by atomic mass is 9.89. The highest BCUT2D eigenvalue weighted by molar-refractivity contribution is 5.83. The summed E-state index contributed by atoms with van der Waals surface area (Å²) in [5.74, 6) is -0.852. The van der Waals surface area contributed by atoms with Crippen LogP contribution in [0.2, 0.25) is 0 Å². The third-order valence-corrected chi connectivity index (χ3v) is 4.91. The number of hydrogen-bond donors (Lipinski definition) is 2. The van der Waals surface area contributed by atoms with E-state index < -0.39 is 11.9 Å². The monoisotopic (exact) mass is 419 g/mol. The number of rotatable bonds is 6. The first-order valence-corrected chi connectivity index (χ1v) is 11.0. The van der Waals surface area contributed by atoms with E-state index in [1.165, 1.54) is 0 Å². The number of carboxylic acid groups (broad SMARTS) is 1. The van der Waals surface area contributed by atoms with Gasteiger partial charge in [-0.25, -0.2) is 9.97 Å². The molecule has 5 nitrogen and oxygen atoms in total. The standard InChI is InChI=1S/C24H27N3O2.C2H6/c1-3-10-20(24(28)29)21-17(2)26-23(19-12-6-4-7-13-19)27-22(21)18-11-8-5-9-15-25-16-14-18;1-2/h4,6-9,11-15,20,25H,3,5,10,16H2,1-2H3,(H,28,29);1-2H3/b11-8-,15-9-,18-14+;. The van der Waals surface area contributed by atoms with Gasteiger partial charge in [0.05, 0.1) is 11.6 Å². The minimum absolute atomic E-state index is 0.550. The van der Waals surface area contributed by atoms with Crippen LogP contribution in [0.15, 0.2) is 60.8 Å². The second kappa shape index (κ2) is 12.5. The number of allylic oxidation sites excluding steroid dienone is 4. The van der Waals surface area contributed by atoms with Crippen molar-refractivity contribution in [2.45, 2.75) is 52.9 Å². The first-order chi connectivity index (χ1) is 15.1. The number of carbonyl (C=O) groups is 1. The van der Waals surface area contributed by atoms with Gasteiger partial charge in [-0.3, -0.25) is 4.79 Å². The quantitative estimate of drug-likeness (QED) is 0.610. The lowest BCUT2D eigenvalue weighted by Gasteiger charge is -2.20. The van der Waals surface area contributed by atoms with E-state index in [1.807, 2.05) is 76.4 Å². The molecule has 2 N–H and O–H groups in total. The molecular formula is C26H33N3O2. The maximum absolute atomic E-state index is 12.1. The lowest BCUT2D eigenvalue weighted by Crippen LogP contribution is -2.17. The Hall–Kier alpha value is -3.21. The van der Waals surface area contributed by atoms with E-state index >= 15 is 0 Å². The first-order valence-electron chi connectivity index (χ1n) is 11.0. The summed E-state index contributed by atoms with van der Waals surface area (Å²) in [4.78, 5) is 21.7. The third kappa shape index (κ3) is 6.38. The van der Waals surface area contributed by atoms with Crippen LogP contribution in [0.5, 0.6) is 0 Å². The molecule has 31 heavy (non-hydrogen) atoms. The van der Waals surface area contributed by atoms with Crippen LogP contribution >= 0.6 is 0 Å². The summed E-state index contributed by atoms with van der Waals surface area (Å²) in [5.41, 5.74) is 3.97. The van der Waals surface area contributed by atoms with Crippen molar-refractivity contribution >= 4 is 11.5 Å². The number of nitrogens with zero attached hydrogens (tertiary/aromatic N) is 2.